The van der Waals surface area contributed by atoms with Crippen molar-refractivity contribution in [1.29, 1.82) is 0 Å². The number of allylic oxidation sites excluding steroid dienone is 33. The number of unbranched alkanes of at least 4 members (excludes halogenated alkanes) is 10. The van der Waals surface area contributed by atoms with Crippen LogP contribution in [0.4, 0.5) is 0 Å². The van der Waals surface area contributed by atoms with Gasteiger partial charge in [-0.15, -0.1) is 0 Å². The highest BCUT2D eigenvalue weighted by Crippen LogP contribution is 2.12. The summed E-state index contributed by atoms with van der Waals surface area (Å²) in [6.45, 7) is 6.15. The smallest absolute Gasteiger partial charge is 0.309 e. The van der Waals surface area contributed by atoms with Crippen LogP contribution in [-0.4, -0.2) is 37.2 Å². The van der Waals surface area contributed by atoms with E-state index in [1.807, 2.05) is 6.08 Å². The van der Waals surface area contributed by atoms with E-state index in [-0.39, 0.29) is 38.0 Å². The van der Waals surface area contributed by atoms with Gasteiger partial charge in [-0.2, -0.15) is 0 Å². The van der Waals surface area contributed by atoms with E-state index < -0.39 is 12.1 Å². The zero-order valence-corrected chi connectivity index (χ0v) is 51.2. The average Bonchev–Trinajstić information content (AvgIpc) is 3.47. The van der Waals surface area contributed by atoms with Crippen LogP contribution in [-0.2, 0) is 28.6 Å². The first-order valence-electron chi connectivity index (χ1n) is 31.6. The van der Waals surface area contributed by atoms with Gasteiger partial charge in [0, 0.05) is 12.8 Å². The molecular weight excluding hydrogens is 997 g/mol. The molecule has 0 bridgehead atoms. The zero-order valence-electron chi connectivity index (χ0n) is 51.2. The first-order valence-corrected chi connectivity index (χ1v) is 31.6. The van der Waals surface area contributed by atoms with Crippen molar-refractivity contribution >= 4 is 17.9 Å². The van der Waals surface area contributed by atoms with E-state index in [9.17, 15) is 14.4 Å². The second kappa shape index (κ2) is 66.5. The van der Waals surface area contributed by atoms with Crippen molar-refractivity contribution in [1.82, 2.24) is 0 Å². The Morgan fingerprint density at radius 2 is 0.494 bits per heavy atom. The summed E-state index contributed by atoms with van der Waals surface area (Å²) in [5.41, 5.74) is 0. The molecule has 0 aliphatic carbocycles. The van der Waals surface area contributed by atoms with Crippen molar-refractivity contribution < 1.29 is 28.6 Å². The van der Waals surface area contributed by atoms with Crippen molar-refractivity contribution in [2.75, 3.05) is 13.2 Å². The number of carbonyl (C=O) groups is 3. The molecule has 0 radical (unpaired) electrons. The van der Waals surface area contributed by atoms with Crippen LogP contribution in [0, 0.1) is 0 Å². The lowest BCUT2D eigenvalue weighted by Crippen LogP contribution is -2.30. The summed E-state index contributed by atoms with van der Waals surface area (Å²) in [5.74, 6) is -1.12. The third kappa shape index (κ3) is 64.7. The van der Waals surface area contributed by atoms with Gasteiger partial charge in [0.2, 0.25) is 0 Å². The molecule has 0 aliphatic heterocycles. The number of hydrogen-bond donors (Lipinski definition) is 0. The molecule has 0 amide bonds. The molecule has 0 aromatic heterocycles. The van der Waals surface area contributed by atoms with Gasteiger partial charge in [-0.05, 0) is 148 Å². The van der Waals surface area contributed by atoms with Crippen molar-refractivity contribution in [2.45, 2.75) is 232 Å². The SMILES string of the molecule is CC/C=C\C/C=C\C/C=C\C/C=C\C/C=C\C/C=C\C/C=C\C/C=C\CCCCCCCCC(=O)OCC(COC(=O)C/C=C\C/C=C\C/C=C\C/C=C\C/C=C\CC)OC(=O)CCCCCC/C=C\C/C=C\C/C=C\C/C=C\CC. The maximum atomic E-state index is 12.9. The standard InChI is InChI=1S/C75H112O6/c1-4-7-10-13-16-19-22-25-28-30-31-32-33-34-35-36-37-38-39-40-41-42-43-45-47-50-53-56-59-62-65-68-74(77)80-71-72(70-79-73(76)67-64-61-58-55-52-49-46-27-24-21-18-15-12-9-6-3)81-75(78)69-66-63-60-57-54-51-48-44-29-26-23-20-17-14-11-8-5-2/h7-12,16-21,25-29,31-32,34-35,37-38,40-41,43,45-46,48,51-52,55,61,64,72H,4-6,13-15,22-24,30,33,36,39,42,44,47,49-50,53-54,56-60,62-63,65-71H2,1-3H3/b10-7-,11-8-,12-9-,19-16-,20-17-,21-18-,28-25-,29-26-,32-31-,35-34-,38-37-,41-40-,45-43-,46-27-,51-48-,55-52-,64-61-. The first-order chi connectivity index (χ1) is 40.0. The summed E-state index contributed by atoms with van der Waals surface area (Å²) >= 11 is 0. The molecule has 6 nitrogen and oxygen atoms in total. The molecule has 448 valence electrons. The van der Waals surface area contributed by atoms with Crippen molar-refractivity contribution in [3.63, 3.8) is 0 Å². The Morgan fingerprint density at radius 3 is 0.802 bits per heavy atom. The largest absolute Gasteiger partial charge is 0.462 e. The van der Waals surface area contributed by atoms with Crippen LogP contribution >= 0.6 is 0 Å². The normalized spacial score (nSPS) is 13.6. The molecule has 0 heterocycles. The molecule has 0 spiro atoms. The minimum Gasteiger partial charge on any atom is -0.462 e. The van der Waals surface area contributed by atoms with Crippen LogP contribution in [0.2, 0.25) is 0 Å². The van der Waals surface area contributed by atoms with Gasteiger partial charge in [0.25, 0.3) is 0 Å². The lowest BCUT2D eigenvalue weighted by atomic mass is 10.1. The topological polar surface area (TPSA) is 78.9 Å². The Labute approximate surface area is 496 Å². The van der Waals surface area contributed by atoms with E-state index in [4.69, 9.17) is 14.2 Å². The van der Waals surface area contributed by atoms with Gasteiger partial charge < -0.3 is 14.2 Å². The Balaban J connectivity index is 4.49. The molecule has 0 aromatic rings. The molecule has 1 unspecified atom stereocenters. The summed E-state index contributed by atoms with van der Waals surface area (Å²) in [4.78, 5) is 38.2. The van der Waals surface area contributed by atoms with Crippen molar-refractivity contribution in [3.05, 3.63) is 207 Å². The van der Waals surface area contributed by atoms with Crippen molar-refractivity contribution in [3.8, 4) is 0 Å². The maximum absolute atomic E-state index is 12.9. The van der Waals surface area contributed by atoms with E-state index in [0.717, 1.165) is 167 Å². The molecule has 0 saturated heterocycles. The number of carbonyl (C=O) groups excluding carboxylic acids is 3. The lowest BCUT2D eigenvalue weighted by Gasteiger charge is -2.18. The fourth-order valence-electron chi connectivity index (χ4n) is 7.70. The van der Waals surface area contributed by atoms with Crippen LogP contribution < -0.4 is 0 Å². The molecule has 0 rings (SSSR count). The Hall–Kier alpha value is -6.01. The molecule has 0 fully saturated rings. The highest BCUT2D eigenvalue weighted by atomic mass is 16.6. The summed E-state index contributed by atoms with van der Waals surface area (Å²) in [5, 5.41) is 0. The minimum atomic E-state index is -0.852. The first kappa shape index (κ1) is 75.0. The summed E-state index contributed by atoms with van der Waals surface area (Å²) < 4.78 is 16.8. The molecule has 0 aliphatic rings. The number of esters is 3. The van der Waals surface area contributed by atoms with E-state index in [0.29, 0.717) is 12.8 Å². The summed E-state index contributed by atoms with van der Waals surface area (Å²) in [6.07, 6.45) is 103. The molecule has 0 N–H and O–H groups in total. The molecular formula is C75H112O6. The van der Waals surface area contributed by atoms with Crippen LogP contribution in [0.25, 0.3) is 0 Å². The minimum absolute atomic E-state index is 0.107. The summed E-state index contributed by atoms with van der Waals surface area (Å²) in [7, 11) is 0. The van der Waals surface area contributed by atoms with E-state index in [1.54, 1.807) is 6.08 Å². The van der Waals surface area contributed by atoms with Gasteiger partial charge in [0.1, 0.15) is 13.2 Å². The van der Waals surface area contributed by atoms with Gasteiger partial charge in [-0.1, -0.05) is 266 Å². The quantitative estimate of drug-likeness (QED) is 0.0261. The van der Waals surface area contributed by atoms with Gasteiger partial charge in [0.05, 0.1) is 6.42 Å². The fourth-order valence-corrected chi connectivity index (χ4v) is 7.70. The van der Waals surface area contributed by atoms with E-state index >= 15 is 0 Å². The molecule has 0 saturated carbocycles. The Morgan fingerprint density at radius 1 is 0.259 bits per heavy atom. The van der Waals surface area contributed by atoms with Crippen LogP contribution in [0.1, 0.15) is 226 Å². The fraction of sp³-hybridized carbons (Fsp3) is 0.507. The molecule has 1 atom stereocenters. The predicted molar refractivity (Wildman–Crippen MR) is 352 cm³/mol. The predicted octanol–water partition coefficient (Wildman–Crippen LogP) is 22.0. The number of rotatable bonds is 54. The van der Waals surface area contributed by atoms with Crippen LogP contribution in [0.3, 0.4) is 0 Å². The van der Waals surface area contributed by atoms with Crippen LogP contribution in [0.5, 0.6) is 0 Å². The molecule has 81 heavy (non-hydrogen) atoms. The van der Waals surface area contributed by atoms with Gasteiger partial charge in [0.15, 0.2) is 6.10 Å². The van der Waals surface area contributed by atoms with Crippen LogP contribution in [0.15, 0.2) is 207 Å². The van der Waals surface area contributed by atoms with E-state index in [2.05, 4.69) is 215 Å². The molecule has 6 heteroatoms. The third-order valence-electron chi connectivity index (χ3n) is 12.3. The third-order valence-corrected chi connectivity index (χ3v) is 12.3. The van der Waals surface area contributed by atoms with Gasteiger partial charge >= 0.3 is 17.9 Å². The van der Waals surface area contributed by atoms with Crippen molar-refractivity contribution in [2.24, 2.45) is 0 Å². The highest BCUT2D eigenvalue weighted by molar-refractivity contribution is 5.72. The second-order valence-electron chi connectivity index (χ2n) is 19.8. The second-order valence-corrected chi connectivity index (χ2v) is 19.8. The monoisotopic (exact) mass is 1110 g/mol. The Bertz CT molecular complexity index is 2000. The molecule has 0 aromatic carbocycles. The average molecular weight is 1110 g/mol. The van der Waals surface area contributed by atoms with Gasteiger partial charge in [-0.3, -0.25) is 14.4 Å². The zero-order chi connectivity index (χ0) is 58.5. The summed E-state index contributed by atoms with van der Waals surface area (Å²) in [6, 6.07) is 0. The van der Waals surface area contributed by atoms with Gasteiger partial charge in [-0.25, -0.2) is 0 Å². The maximum Gasteiger partial charge on any atom is 0.309 e. The number of ether oxygens (including phenoxy) is 3. The number of hydrogen-bond acceptors (Lipinski definition) is 6. The highest BCUT2D eigenvalue weighted by Gasteiger charge is 2.19. The Kier molecular flexibility index (Phi) is 61.6. The van der Waals surface area contributed by atoms with E-state index in [1.165, 1.54) is 12.8 Å². The lowest BCUT2D eigenvalue weighted by molar-refractivity contribution is -0.166.